The van der Waals surface area contributed by atoms with Crippen molar-refractivity contribution in [2.75, 3.05) is 20.8 Å². The fraction of sp³-hybridized carbons (Fsp3) is 0.364. The van der Waals surface area contributed by atoms with Crippen molar-refractivity contribution in [2.45, 2.75) is 5.92 Å². The van der Waals surface area contributed by atoms with Gasteiger partial charge in [0.2, 0.25) is 0 Å². The normalized spacial score (nSPS) is 11.8. The molecule has 0 amide bonds. The molecule has 0 N–H and O–H groups in total. The Hall–Kier alpha value is -1.53. The van der Waals surface area contributed by atoms with Gasteiger partial charge in [0.25, 0.3) is 0 Å². The van der Waals surface area contributed by atoms with Gasteiger partial charge in [-0.15, -0.1) is 0 Å². The number of hydrogen-bond acceptors (Lipinski definition) is 3. The van der Waals surface area contributed by atoms with Gasteiger partial charge in [-0.3, -0.25) is 0 Å². The van der Waals surface area contributed by atoms with Gasteiger partial charge in [0.1, 0.15) is 5.75 Å². The summed E-state index contributed by atoms with van der Waals surface area (Å²) in [6, 6.07) is 9.68. The molecule has 0 aromatic heterocycles. The Labute approximate surface area is 83.9 Å². The highest BCUT2D eigenvalue weighted by atomic mass is 16.5. The summed E-state index contributed by atoms with van der Waals surface area (Å²) in [6.07, 6.45) is 0. The summed E-state index contributed by atoms with van der Waals surface area (Å²) >= 11 is 0. The van der Waals surface area contributed by atoms with Crippen molar-refractivity contribution in [2.24, 2.45) is 0 Å². The molecule has 3 nitrogen and oxygen atoms in total. The quantitative estimate of drug-likeness (QED) is 0.730. The maximum absolute atomic E-state index is 8.94. The van der Waals surface area contributed by atoms with Gasteiger partial charge in [0.15, 0.2) is 0 Å². The summed E-state index contributed by atoms with van der Waals surface area (Å²) in [5, 5.41) is 8.94. The van der Waals surface area contributed by atoms with Gasteiger partial charge in [0.05, 0.1) is 25.7 Å². The van der Waals surface area contributed by atoms with Crippen LogP contribution in [0.1, 0.15) is 11.5 Å². The fourth-order valence-electron chi connectivity index (χ4n) is 1.32. The molecule has 0 radical (unpaired) electrons. The van der Waals surface area contributed by atoms with E-state index in [1.165, 1.54) is 0 Å². The van der Waals surface area contributed by atoms with Gasteiger partial charge in [-0.2, -0.15) is 5.26 Å². The van der Waals surface area contributed by atoms with Crippen molar-refractivity contribution in [3.8, 4) is 11.8 Å². The van der Waals surface area contributed by atoms with E-state index in [-0.39, 0.29) is 5.92 Å². The number of rotatable bonds is 4. The van der Waals surface area contributed by atoms with Gasteiger partial charge in [0, 0.05) is 12.7 Å². The molecule has 0 aliphatic carbocycles. The Morgan fingerprint density at radius 1 is 1.36 bits per heavy atom. The van der Waals surface area contributed by atoms with E-state index in [2.05, 4.69) is 6.07 Å². The summed E-state index contributed by atoms with van der Waals surface area (Å²) in [5.41, 5.74) is 0.874. The van der Waals surface area contributed by atoms with Crippen LogP contribution in [-0.4, -0.2) is 20.8 Å². The van der Waals surface area contributed by atoms with Gasteiger partial charge in [-0.05, 0) is 6.07 Å². The minimum Gasteiger partial charge on any atom is -0.496 e. The predicted octanol–water partition coefficient (Wildman–Crippen LogP) is 1.95. The number of nitriles is 1. The van der Waals surface area contributed by atoms with Crippen LogP contribution >= 0.6 is 0 Å². The van der Waals surface area contributed by atoms with E-state index >= 15 is 0 Å². The zero-order chi connectivity index (χ0) is 10.4. The zero-order valence-corrected chi connectivity index (χ0v) is 8.36. The Morgan fingerprint density at radius 3 is 2.64 bits per heavy atom. The van der Waals surface area contributed by atoms with Crippen LogP contribution < -0.4 is 4.74 Å². The Morgan fingerprint density at radius 2 is 2.07 bits per heavy atom. The van der Waals surface area contributed by atoms with E-state index in [9.17, 15) is 0 Å². The second-order valence-electron chi connectivity index (χ2n) is 2.88. The molecule has 1 atom stereocenters. The molecule has 1 rings (SSSR count). The van der Waals surface area contributed by atoms with Crippen molar-refractivity contribution >= 4 is 0 Å². The van der Waals surface area contributed by atoms with Gasteiger partial charge >= 0.3 is 0 Å². The lowest BCUT2D eigenvalue weighted by Crippen LogP contribution is -2.05. The van der Waals surface area contributed by atoms with Crippen LogP contribution in [0.3, 0.4) is 0 Å². The van der Waals surface area contributed by atoms with Crippen LogP contribution in [0.2, 0.25) is 0 Å². The molecule has 3 heteroatoms. The van der Waals surface area contributed by atoms with Crippen LogP contribution in [0.5, 0.6) is 5.75 Å². The standard InChI is InChI=1S/C11H13NO2/c1-13-8-9(7-12)10-5-3-4-6-11(10)14-2/h3-6,9H,8H2,1-2H3. The Kier molecular flexibility index (Phi) is 3.96. The van der Waals surface area contributed by atoms with E-state index in [0.717, 1.165) is 11.3 Å². The number of nitrogens with zero attached hydrogens (tertiary/aromatic N) is 1. The molecular formula is C11H13NO2. The van der Waals surface area contributed by atoms with E-state index < -0.39 is 0 Å². The highest BCUT2D eigenvalue weighted by molar-refractivity contribution is 5.39. The highest BCUT2D eigenvalue weighted by Gasteiger charge is 2.14. The first kappa shape index (κ1) is 10.6. The average molecular weight is 191 g/mol. The van der Waals surface area contributed by atoms with Gasteiger partial charge in [-0.25, -0.2) is 0 Å². The third-order valence-corrected chi connectivity index (χ3v) is 2.00. The molecule has 0 aliphatic rings. The molecule has 14 heavy (non-hydrogen) atoms. The second kappa shape index (κ2) is 5.25. The lowest BCUT2D eigenvalue weighted by atomic mass is 10.0. The molecule has 0 bridgehead atoms. The summed E-state index contributed by atoms with van der Waals surface area (Å²) in [6.45, 7) is 0.386. The molecule has 1 aromatic rings. The minimum atomic E-state index is -0.267. The number of benzene rings is 1. The van der Waals surface area contributed by atoms with Crippen LogP contribution in [0.4, 0.5) is 0 Å². The van der Waals surface area contributed by atoms with Crippen LogP contribution in [0.25, 0.3) is 0 Å². The zero-order valence-electron chi connectivity index (χ0n) is 8.36. The first-order chi connectivity index (χ1) is 6.83. The monoisotopic (exact) mass is 191 g/mol. The molecule has 0 saturated heterocycles. The van der Waals surface area contributed by atoms with Crippen molar-refractivity contribution in [3.05, 3.63) is 29.8 Å². The van der Waals surface area contributed by atoms with Crippen molar-refractivity contribution in [1.29, 1.82) is 5.26 Å². The molecule has 74 valence electrons. The molecule has 0 spiro atoms. The van der Waals surface area contributed by atoms with E-state index in [0.29, 0.717) is 6.61 Å². The van der Waals surface area contributed by atoms with E-state index in [1.807, 2.05) is 24.3 Å². The van der Waals surface area contributed by atoms with Gasteiger partial charge < -0.3 is 9.47 Å². The van der Waals surface area contributed by atoms with Crippen molar-refractivity contribution < 1.29 is 9.47 Å². The molecule has 1 aromatic carbocycles. The van der Waals surface area contributed by atoms with Crippen LogP contribution in [0.15, 0.2) is 24.3 Å². The maximum Gasteiger partial charge on any atom is 0.123 e. The summed E-state index contributed by atoms with van der Waals surface area (Å²) in [4.78, 5) is 0. The third kappa shape index (κ3) is 2.24. The maximum atomic E-state index is 8.94. The number of para-hydroxylation sites is 1. The average Bonchev–Trinajstić information content (AvgIpc) is 2.26. The molecular weight excluding hydrogens is 178 g/mol. The largest absolute Gasteiger partial charge is 0.496 e. The number of ether oxygens (including phenoxy) is 2. The first-order valence-electron chi connectivity index (χ1n) is 4.35. The molecule has 0 fully saturated rings. The lowest BCUT2D eigenvalue weighted by Gasteiger charge is -2.12. The third-order valence-electron chi connectivity index (χ3n) is 2.00. The molecule has 0 heterocycles. The van der Waals surface area contributed by atoms with Crippen LogP contribution in [-0.2, 0) is 4.74 Å². The smallest absolute Gasteiger partial charge is 0.123 e. The second-order valence-corrected chi connectivity index (χ2v) is 2.88. The first-order valence-corrected chi connectivity index (χ1v) is 4.35. The fourth-order valence-corrected chi connectivity index (χ4v) is 1.32. The van der Waals surface area contributed by atoms with E-state index in [1.54, 1.807) is 14.2 Å². The van der Waals surface area contributed by atoms with Gasteiger partial charge in [-0.1, -0.05) is 18.2 Å². The van der Waals surface area contributed by atoms with Crippen LogP contribution in [0, 0.1) is 11.3 Å². The summed E-state index contributed by atoms with van der Waals surface area (Å²) in [7, 11) is 3.18. The molecule has 0 aliphatic heterocycles. The summed E-state index contributed by atoms with van der Waals surface area (Å²) in [5.74, 6) is 0.465. The van der Waals surface area contributed by atoms with Crippen molar-refractivity contribution in [1.82, 2.24) is 0 Å². The topological polar surface area (TPSA) is 42.2 Å². The van der Waals surface area contributed by atoms with Crippen molar-refractivity contribution in [3.63, 3.8) is 0 Å². The summed E-state index contributed by atoms with van der Waals surface area (Å²) < 4.78 is 10.1. The SMILES string of the molecule is COCC(C#N)c1ccccc1OC. The minimum absolute atomic E-state index is 0.267. The predicted molar refractivity (Wildman–Crippen MR) is 53.2 cm³/mol. The number of methoxy groups -OCH3 is 2. The number of hydrogen-bond donors (Lipinski definition) is 0. The lowest BCUT2D eigenvalue weighted by molar-refractivity contribution is 0.192. The Balaban J connectivity index is 2.97. The highest BCUT2D eigenvalue weighted by Crippen LogP contribution is 2.25. The van der Waals surface area contributed by atoms with E-state index in [4.69, 9.17) is 14.7 Å². The molecule has 0 saturated carbocycles. The Bertz CT molecular complexity index is 330. The molecule has 1 unspecified atom stereocenters.